The van der Waals surface area contributed by atoms with Crippen molar-refractivity contribution in [3.63, 3.8) is 0 Å². The van der Waals surface area contributed by atoms with Gasteiger partial charge in [0.1, 0.15) is 18.7 Å². The summed E-state index contributed by atoms with van der Waals surface area (Å²) >= 11 is 1.52. The van der Waals surface area contributed by atoms with E-state index in [1.165, 1.54) is 25.8 Å². The Kier molecular flexibility index (Phi) is 10.3. The Hall–Kier alpha value is -2.26. The molecule has 0 saturated heterocycles. The molecular weight excluding hydrogens is 372 g/mol. The molecule has 3 unspecified atom stereocenters. The minimum Gasteiger partial charge on any atom is -0.467 e. The molecule has 1 rings (SSSR count). The minimum absolute atomic E-state index is 0.0271. The van der Waals surface area contributed by atoms with Crippen LogP contribution in [0.25, 0.3) is 0 Å². The van der Waals surface area contributed by atoms with E-state index in [2.05, 4.69) is 15.4 Å². The summed E-state index contributed by atoms with van der Waals surface area (Å²) in [6, 6.07) is 6.91. The van der Waals surface area contributed by atoms with E-state index in [1.54, 1.807) is 12.1 Å². The van der Waals surface area contributed by atoms with Crippen LogP contribution in [0.1, 0.15) is 18.9 Å². The zero-order valence-corrected chi connectivity index (χ0v) is 16.5. The molecule has 150 valence electrons. The summed E-state index contributed by atoms with van der Waals surface area (Å²) in [4.78, 5) is 36.2. The Morgan fingerprint density at radius 1 is 1.19 bits per heavy atom. The predicted molar refractivity (Wildman–Crippen MR) is 102 cm³/mol. The van der Waals surface area contributed by atoms with Gasteiger partial charge in [0, 0.05) is 0 Å². The number of hydrogen-bond acceptors (Lipinski definition) is 7. The van der Waals surface area contributed by atoms with E-state index in [-0.39, 0.29) is 6.61 Å². The van der Waals surface area contributed by atoms with E-state index in [0.29, 0.717) is 12.2 Å². The topological polar surface area (TPSA) is 114 Å². The van der Waals surface area contributed by atoms with Gasteiger partial charge in [-0.3, -0.25) is 4.79 Å². The highest BCUT2D eigenvalue weighted by atomic mass is 32.2. The van der Waals surface area contributed by atoms with E-state index in [4.69, 9.17) is 4.74 Å². The Bertz CT molecular complexity index is 611. The second-order valence-corrected chi connectivity index (χ2v) is 6.78. The number of aliphatic hydroxyl groups is 1. The van der Waals surface area contributed by atoms with Crippen molar-refractivity contribution < 1.29 is 29.0 Å². The number of ether oxygens (including phenoxy) is 2. The highest BCUT2D eigenvalue weighted by Gasteiger charge is 2.30. The van der Waals surface area contributed by atoms with Crippen molar-refractivity contribution in [3.8, 4) is 0 Å². The minimum atomic E-state index is -1.27. The van der Waals surface area contributed by atoms with E-state index < -0.39 is 36.2 Å². The molecule has 2 amide bonds. The van der Waals surface area contributed by atoms with Gasteiger partial charge in [-0.05, 0) is 30.9 Å². The van der Waals surface area contributed by atoms with Crippen molar-refractivity contribution in [2.75, 3.05) is 19.1 Å². The highest BCUT2D eigenvalue weighted by Crippen LogP contribution is 2.05. The normalized spacial score (nSPS) is 13.8. The lowest BCUT2D eigenvalue weighted by atomic mass is 10.1. The molecule has 1 aromatic carbocycles. The van der Waals surface area contributed by atoms with E-state index >= 15 is 0 Å². The van der Waals surface area contributed by atoms with Crippen LogP contribution in [0, 0.1) is 0 Å². The van der Waals surface area contributed by atoms with Crippen LogP contribution in [0.5, 0.6) is 0 Å². The van der Waals surface area contributed by atoms with Gasteiger partial charge < -0.3 is 25.2 Å². The fourth-order valence-corrected chi connectivity index (χ4v) is 2.66. The largest absolute Gasteiger partial charge is 0.467 e. The molecule has 3 atom stereocenters. The number of alkyl carbamates (subject to hydrolysis) is 1. The van der Waals surface area contributed by atoms with Crippen molar-refractivity contribution in [1.29, 1.82) is 0 Å². The van der Waals surface area contributed by atoms with Crippen molar-refractivity contribution in [2.45, 2.75) is 38.1 Å². The van der Waals surface area contributed by atoms with Crippen LogP contribution in [0.3, 0.4) is 0 Å². The molecule has 0 heterocycles. The van der Waals surface area contributed by atoms with Gasteiger partial charge in [0.25, 0.3) is 0 Å². The highest BCUT2D eigenvalue weighted by molar-refractivity contribution is 7.98. The van der Waals surface area contributed by atoms with Crippen LogP contribution in [-0.4, -0.2) is 60.4 Å². The number of amides is 2. The molecule has 0 aliphatic rings. The molecule has 0 bridgehead atoms. The number of carbonyl (C=O) groups excluding carboxylic acids is 3. The molecule has 0 fully saturated rings. The molecule has 8 nitrogen and oxygen atoms in total. The summed E-state index contributed by atoms with van der Waals surface area (Å²) < 4.78 is 9.74. The Labute approximate surface area is 163 Å². The third kappa shape index (κ3) is 8.31. The molecule has 9 heteroatoms. The van der Waals surface area contributed by atoms with E-state index in [9.17, 15) is 19.5 Å². The molecule has 0 spiro atoms. The molecule has 0 saturated carbocycles. The van der Waals surface area contributed by atoms with Gasteiger partial charge in [0.15, 0.2) is 0 Å². The van der Waals surface area contributed by atoms with Crippen molar-refractivity contribution >= 4 is 29.7 Å². The summed E-state index contributed by atoms with van der Waals surface area (Å²) in [6.45, 7) is 1.39. The average molecular weight is 398 g/mol. The average Bonchev–Trinajstić information content (AvgIpc) is 2.67. The first-order chi connectivity index (χ1) is 12.9. The fraction of sp³-hybridized carbons (Fsp3) is 0.500. The first-order valence-corrected chi connectivity index (χ1v) is 9.80. The number of esters is 1. The molecule has 0 radical (unpaired) electrons. The molecule has 0 aliphatic heterocycles. The summed E-state index contributed by atoms with van der Waals surface area (Å²) in [5.74, 6) is -0.655. The summed E-state index contributed by atoms with van der Waals surface area (Å²) in [6.07, 6.45) is 0.204. The zero-order chi connectivity index (χ0) is 20.2. The van der Waals surface area contributed by atoms with Crippen LogP contribution in [0.2, 0.25) is 0 Å². The maximum absolute atomic E-state index is 12.4. The number of thioether (sulfide) groups is 1. The van der Waals surface area contributed by atoms with Crippen LogP contribution in [0.15, 0.2) is 30.3 Å². The van der Waals surface area contributed by atoms with Crippen LogP contribution < -0.4 is 10.6 Å². The lowest BCUT2D eigenvalue weighted by Crippen LogP contribution is -2.56. The van der Waals surface area contributed by atoms with Gasteiger partial charge in [-0.2, -0.15) is 11.8 Å². The maximum Gasteiger partial charge on any atom is 0.408 e. The fourth-order valence-electron chi connectivity index (χ4n) is 2.19. The Morgan fingerprint density at radius 3 is 2.41 bits per heavy atom. The van der Waals surface area contributed by atoms with Gasteiger partial charge in [0.2, 0.25) is 5.91 Å². The number of aliphatic hydroxyl groups excluding tert-OH is 1. The van der Waals surface area contributed by atoms with Crippen LogP contribution >= 0.6 is 11.8 Å². The summed E-state index contributed by atoms with van der Waals surface area (Å²) in [7, 11) is 1.23. The van der Waals surface area contributed by atoms with Gasteiger partial charge in [-0.25, -0.2) is 9.59 Å². The second kappa shape index (κ2) is 12.2. The number of rotatable bonds is 10. The maximum atomic E-state index is 12.4. The molecule has 0 aromatic heterocycles. The van der Waals surface area contributed by atoms with Gasteiger partial charge in [-0.15, -0.1) is 0 Å². The van der Waals surface area contributed by atoms with Gasteiger partial charge >= 0.3 is 12.1 Å². The second-order valence-electron chi connectivity index (χ2n) is 5.79. The van der Waals surface area contributed by atoms with Gasteiger partial charge in [-0.1, -0.05) is 30.3 Å². The monoisotopic (exact) mass is 398 g/mol. The molecular formula is C18H26N2O6S. The number of carbonyl (C=O) groups is 3. The first kappa shape index (κ1) is 22.8. The molecule has 3 N–H and O–H groups in total. The quantitative estimate of drug-likeness (QED) is 0.505. The lowest BCUT2D eigenvalue weighted by Gasteiger charge is -2.23. The third-order valence-corrected chi connectivity index (χ3v) is 4.31. The Morgan fingerprint density at radius 2 is 1.85 bits per heavy atom. The van der Waals surface area contributed by atoms with Crippen molar-refractivity contribution in [1.82, 2.24) is 10.6 Å². The van der Waals surface area contributed by atoms with E-state index in [1.807, 2.05) is 24.5 Å². The van der Waals surface area contributed by atoms with Crippen LogP contribution in [0.4, 0.5) is 4.79 Å². The first-order valence-electron chi connectivity index (χ1n) is 8.41. The predicted octanol–water partition coefficient (Wildman–Crippen LogP) is 1.07. The lowest BCUT2D eigenvalue weighted by molar-refractivity contribution is -0.145. The number of methoxy groups -OCH3 is 1. The number of nitrogens with one attached hydrogen (secondary N) is 2. The molecule has 1 aromatic rings. The third-order valence-electron chi connectivity index (χ3n) is 3.66. The summed E-state index contributed by atoms with van der Waals surface area (Å²) in [5, 5.41) is 14.7. The molecule has 0 aliphatic carbocycles. The Balaban J connectivity index is 2.65. The summed E-state index contributed by atoms with van der Waals surface area (Å²) in [5.41, 5.74) is 0.786. The number of benzene rings is 1. The van der Waals surface area contributed by atoms with E-state index in [0.717, 1.165) is 5.56 Å². The smallest absolute Gasteiger partial charge is 0.408 e. The standard InChI is InChI=1S/C18H26N2O6S/c1-12(21)15(16(22)19-14(9-10-27-3)17(23)25-2)20-18(24)26-11-13-7-5-4-6-8-13/h4-8,12,14-15,21H,9-11H2,1-3H3,(H,19,22)(H,20,24). The zero-order valence-electron chi connectivity index (χ0n) is 15.6. The van der Waals surface area contributed by atoms with Gasteiger partial charge in [0.05, 0.1) is 13.2 Å². The van der Waals surface area contributed by atoms with Crippen molar-refractivity contribution in [3.05, 3.63) is 35.9 Å². The number of hydrogen-bond donors (Lipinski definition) is 3. The van der Waals surface area contributed by atoms with Crippen molar-refractivity contribution in [2.24, 2.45) is 0 Å². The molecule has 27 heavy (non-hydrogen) atoms. The SMILES string of the molecule is COC(=O)C(CCSC)NC(=O)C(NC(=O)OCc1ccccc1)C(C)O. The van der Waals surface area contributed by atoms with Crippen LogP contribution in [-0.2, 0) is 25.7 Å².